The topological polar surface area (TPSA) is 77.0 Å². The van der Waals surface area contributed by atoms with Crippen molar-refractivity contribution in [3.8, 4) is 0 Å². The van der Waals surface area contributed by atoms with Crippen LogP contribution in [0.4, 0.5) is 6.01 Å². The number of nitrogens with zero attached hydrogens (tertiary/aromatic N) is 2. The quantitative estimate of drug-likeness (QED) is 0.872. The first-order valence-electron chi connectivity index (χ1n) is 8.49. The Kier molecular flexibility index (Phi) is 3.21. The maximum Gasteiger partial charge on any atom is 0.315 e. The van der Waals surface area contributed by atoms with Gasteiger partial charge in [-0.1, -0.05) is 12.0 Å². The summed E-state index contributed by atoms with van der Waals surface area (Å²) in [6.45, 7) is 2.58. The van der Waals surface area contributed by atoms with Gasteiger partial charge in [-0.3, -0.25) is 0 Å². The monoisotopic (exact) mass is 290 g/mol. The molecule has 0 spiro atoms. The van der Waals surface area contributed by atoms with Crippen molar-refractivity contribution in [1.29, 1.82) is 0 Å². The van der Waals surface area contributed by atoms with Gasteiger partial charge in [0.25, 0.3) is 0 Å². The minimum absolute atomic E-state index is 0.308. The minimum Gasteiger partial charge on any atom is -0.407 e. The van der Waals surface area contributed by atoms with E-state index in [1.54, 1.807) is 0 Å². The van der Waals surface area contributed by atoms with E-state index in [0.29, 0.717) is 29.9 Å². The van der Waals surface area contributed by atoms with Crippen LogP contribution in [-0.4, -0.2) is 16.2 Å². The third-order valence-electron chi connectivity index (χ3n) is 6.17. The number of nitrogens with two attached hydrogens (primary N) is 1. The third kappa shape index (κ3) is 2.26. The molecule has 1 heterocycles. The lowest BCUT2D eigenvalue weighted by Gasteiger charge is -2.59. The van der Waals surface area contributed by atoms with Crippen molar-refractivity contribution in [2.24, 2.45) is 28.9 Å². The predicted molar refractivity (Wildman–Crippen MR) is 80.5 cm³/mol. The maximum atomic E-state index is 5.57. The number of anilines is 1. The van der Waals surface area contributed by atoms with Gasteiger partial charge in [0.05, 0.1) is 6.54 Å². The zero-order valence-corrected chi connectivity index (χ0v) is 12.8. The fourth-order valence-corrected chi connectivity index (χ4v) is 5.84. The normalized spacial score (nSPS) is 38.7. The Hall–Kier alpha value is -1.10. The largest absolute Gasteiger partial charge is 0.407 e. The smallest absolute Gasteiger partial charge is 0.315 e. The van der Waals surface area contributed by atoms with Crippen LogP contribution in [0.25, 0.3) is 0 Å². The molecule has 0 radical (unpaired) electrons. The molecule has 116 valence electrons. The molecule has 1 aromatic rings. The van der Waals surface area contributed by atoms with Crippen molar-refractivity contribution in [3.63, 3.8) is 0 Å². The summed E-state index contributed by atoms with van der Waals surface area (Å²) in [5.41, 5.74) is 6.01. The van der Waals surface area contributed by atoms with Crippen LogP contribution in [0.1, 0.15) is 57.8 Å². The summed E-state index contributed by atoms with van der Waals surface area (Å²) in [4.78, 5) is 0. The molecule has 5 nitrogen and oxygen atoms in total. The van der Waals surface area contributed by atoms with Gasteiger partial charge in [0.15, 0.2) is 0 Å². The van der Waals surface area contributed by atoms with Crippen molar-refractivity contribution in [1.82, 2.24) is 10.2 Å². The zero-order chi connectivity index (χ0) is 14.4. The lowest BCUT2D eigenvalue weighted by molar-refractivity contribution is -0.0639. The van der Waals surface area contributed by atoms with Crippen molar-refractivity contribution in [2.75, 3.05) is 5.32 Å². The minimum atomic E-state index is 0.308. The molecule has 0 amide bonds. The first-order valence-corrected chi connectivity index (χ1v) is 8.49. The summed E-state index contributed by atoms with van der Waals surface area (Å²) in [6, 6.07) is 1.01. The second-order valence-electron chi connectivity index (χ2n) is 7.59. The molecule has 4 bridgehead atoms. The molecule has 4 aliphatic carbocycles. The summed E-state index contributed by atoms with van der Waals surface area (Å²) in [5, 5.41) is 11.6. The van der Waals surface area contributed by atoms with Gasteiger partial charge >= 0.3 is 6.01 Å². The van der Waals surface area contributed by atoms with Crippen LogP contribution in [0.3, 0.4) is 0 Å². The van der Waals surface area contributed by atoms with E-state index in [9.17, 15) is 0 Å². The molecule has 1 unspecified atom stereocenters. The van der Waals surface area contributed by atoms with Crippen LogP contribution >= 0.6 is 0 Å². The number of hydrogen-bond donors (Lipinski definition) is 2. The lowest BCUT2D eigenvalue weighted by Crippen LogP contribution is -2.53. The number of rotatable bonds is 5. The Labute approximate surface area is 126 Å². The van der Waals surface area contributed by atoms with Gasteiger partial charge in [0.2, 0.25) is 5.89 Å². The number of nitrogens with one attached hydrogen (secondary N) is 1. The molecular weight excluding hydrogens is 264 g/mol. The van der Waals surface area contributed by atoms with E-state index < -0.39 is 0 Å². The van der Waals surface area contributed by atoms with E-state index in [4.69, 9.17) is 10.2 Å². The molecule has 5 rings (SSSR count). The second kappa shape index (κ2) is 4.97. The molecular formula is C16H26N4O. The average molecular weight is 290 g/mol. The summed E-state index contributed by atoms with van der Waals surface area (Å²) in [6.07, 6.45) is 9.73. The molecule has 0 aromatic carbocycles. The predicted octanol–water partition coefficient (Wildman–Crippen LogP) is 2.94. The molecule has 5 heteroatoms. The Balaban J connectivity index is 1.55. The van der Waals surface area contributed by atoms with E-state index in [2.05, 4.69) is 22.4 Å². The molecule has 4 fully saturated rings. The zero-order valence-electron chi connectivity index (χ0n) is 12.8. The molecule has 1 aromatic heterocycles. The van der Waals surface area contributed by atoms with Gasteiger partial charge in [0, 0.05) is 6.04 Å². The maximum absolute atomic E-state index is 5.57. The SMILES string of the molecule is CCC(Nc1nnc(CN)o1)C12CC3CC(CC(C3)C1)C2. The van der Waals surface area contributed by atoms with Crippen LogP contribution in [0.2, 0.25) is 0 Å². The Morgan fingerprint density at radius 1 is 1.19 bits per heavy atom. The van der Waals surface area contributed by atoms with Gasteiger partial charge in [0.1, 0.15) is 0 Å². The van der Waals surface area contributed by atoms with E-state index in [0.717, 1.165) is 24.2 Å². The molecule has 0 saturated heterocycles. The van der Waals surface area contributed by atoms with Crippen LogP contribution in [0, 0.1) is 23.2 Å². The third-order valence-corrected chi connectivity index (χ3v) is 6.17. The van der Waals surface area contributed by atoms with E-state index in [1.165, 1.54) is 38.5 Å². The Morgan fingerprint density at radius 2 is 1.81 bits per heavy atom. The highest BCUT2D eigenvalue weighted by molar-refractivity contribution is 5.23. The van der Waals surface area contributed by atoms with Gasteiger partial charge in [-0.25, -0.2) is 0 Å². The lowest BCUT2D eigenvalue weighted by atomic mass is 9.47. The number of aromatic nitrogens is 2. The first-order chi connectivity index (χ1) is 10.2. The summed E-state index contributed by atoms with van der Waals surface area (Å²) in [5.74, 6) is 3.41. The number of hydrogen-bond acceptors (Lipinski definition) is 5. The second-order valence-corrected chi connectivity index (χ2v) is 7.59. The molecule has 3 N–H and O–H groups in total. The van der Waals surface area contributed by atoms with Gasteiger partial charge in [-0.15, -0.1) is 5.10 Å². The highest BCUT2D eigenvalue weighted by Gasteiger charge is 2.53. The molecule has 21 heavy (non-hydrogen) atoms. The van der Waals surface area contributed by atoms with E-state index in [-0.39, 0.29) is 0 Å². The van der Waals surface area contributed by atoms with Crippen LogP contribution in [0.15, 0.2) is 4.42 Å². The van der Waals surface area contributed by atoms with Gasteiger partial charge < -0.3 is 15.5 Å². The molecule has 0 aliphatic heterocycles. The van der Waals surface area contributed by atoms with Crippen molar-refractivity contribution in [2.45, 2.75) is 64.5 Å². The van der Waals surface area contributed by atoms with Gasteiger partial charge in [-0.2, -0.15) is 0 Å². The van der Waals surface area contributed by atoms with Crippen LogP contribution < -0.4 is 11.1 Å². The first kappa shape index (κ1) is 13.6. The summed E-state index contributed by atoms with van der Waals surface area (Å²) >= 11 is 0. The standard InChI is InChI=1S/C16H26N4O/c1-2-13(18-15-20-19-14(9-17)21-15)16-6-10-3-11(7-16)5-12(4-10)8-16/h10-13H,2-9,17H2,1H3,(H,18,20). The molecule has 1 atom stereocenters. The summed E-state index contributed by atoms with van der Waals surface area (Å²) in [7, 11) is 0. The highest BCUT2D eigenvalue weighted by atomic mass is 16.4. The van der Waals surface area contributed by atoms with Crippen LogP contribution in [-0.2, 0) is 6.54 Å². The molecule has 4 aliphatic rings. The average Bonchev–Trinajstić information content (AvgIpc) is 2.91. The van der Waals surface area contributed by atoms with E-state index in [1.807, 2.05) is 0 Å². The highest BCUT2D eigenvalue weighted by Crippen LogP contribution is 2.61. The van der Waals surface area contributed by atoms with Crippen molar-refractivity contribution in [3.05, 3.63) is 5.89 Å². The molecule has 4 saturated carbocycles. The van der Waals surface area contributed by atoms with E-state index >= 15 is 0 Å². The van der Waals surface area contributed by atoms with Crippen molar-refractivity contribution >= 4 is 6.01 Å². The van der Waals surface area contributed by atoms with Crippen molar-refractivity contribution < 1.29 is 4.42 Å². The van der Waals surface area contributed by atoms with Crippen LogP contribution in [0.5, 0.6) is 0 Å². The fourth-order valence-electron chi connectivity index (χ4n) is 5.84. The fraction of sp³-hybridized carbons (Fsp3) is 0.875. The Bertz CT molecular complexity index is 477. The van der Waals surface area contributed by atoms with Gasteiger partial charge in [-0.05, 0) is 68.1 Å². The summed E-state index contributed by atoms with van der Waals surface area (Å²) < 4.78 is 5.57. The Morgan fingerprint density at radius 3 is 2.29 bits per heavy atom.